The van der Waals surface area contributed by atoms with Crippen LogP contribution in [0.25, 0.3) is 0 Å². The van der Waals surface area contributed by atoms with E-state index in [-0.39, 0.29) is 6.04 Å². The molecule has 0 spiro atoms. The number of amides is 1. The van der Waals surface area contributed by atoms with Crippen molar-refractivity contribution >= 4 is 6.41 Å². The van der Waals surface area contributed by atoms with Crippen LogP contribution in [0, 0.1) is 5.92 Å². The van der Waals surface area contributed by atoms with E-state index in [4.69, 9.17) is 5.73 Å². The van der Waals surface area contributed by atoms with E-state index >= 15 is 0 Å². The largest absolute Gasteiger partial charge is 0.374 e. The first-order valence-electron chi connectivity index (χ1n) is 7.50. The van der Waals surface area contributed by atoms with Gasteiger partial charge < -0.3 is 16.0 Å². The summed E-state index contributed by atoms with van der Waals surface area (Å²) in [6.45, 7) is 4.22. The topological polar surface area (TPSA) is 58.4 Å². The molecule has 19 heavy (non-hydrogen) atoms. The van der Waals surface area contributed by atoms with Gasteiger partial charge in [0, 0.05) is 30.9 Å². The summed E-state index contributed by atoms with van der Waals surface area (Å²) >= 11 is 0. The highest BCUT2D eigenvalue weighted by molar-refractivity contribution is 5.46. The molecule has 3 N–H and O–H groups in total. The predicted octanol–water partition coefficient (Wildman–Crippen LogP) is 1.62. The van der Waals surface area contributed by atoms with Gasteiger partial charge in [-0.15, -0.1) is 0 Å². The lowest BCUT2D eigenvalue weighted by Crippen LogP contribution is -2.46. The number of rotatable bonds is 6. The van der Waals surface area contributed by atoms with Gasteiger partial charge in [0.25, 0.3) is 0 Å². The summed E-state index contributed by atoms with van der Waals surface area (Å²) in [5, 5.41) is 2.88. The van der Waals surface area contributed by atoms with Gasteiger partial charge in [-0.05, 0) is 50.9 Å². The second-order valence-corrected chi connectivity index (χ2v) is 6.11. The second kappa shape index (κ2) is 6.42. The van der Waals surface area contributed by atoms with Gasteiger partial charge in [-0.25, -0.2) is 0 Å². The molecule has 4 nitrogen and oxygen atoms in total. The molecule has 0 saturated heterocycles. The minimum absolute atomic E-state index is 0.0720. The summed E-state index contributed by atoms with van der Waals surface area (Å²) in [5.41, 5.74) is 7.49. The van der Waals surface area contributed by atoms with E-state index in [0.717, 1.165) is 37.8 Å². The number of nitrogens with one attached hydrogen (secondary N) is 1. The fourth-order valence-electron chi connectivity index (χ4n) is 3.26. The molecule has 1 atom stereocenters. The Balaban J connectivity index is 1.81. The third kappa shape index (κ3) is 3.30. The fourth-order valence-corrected chi connectivity index (χ4v) is 3.26. The normalized spacial score (nSPS) is 29.2. The zero-order chi connectivity index (χ0) is 13.8. The molecule has 0 aliphatic heterocycles. The highest BCUT2D eigenvalue weighted by Crippen LogP contribution is 2.32. The van der Waals surface area contributed by atoms with Gasteiger partial charge in [-0.1, -0.05) is 6.58 Å². The fraction of sp³-hybridized carbons (Fsp3) is 0.800. The summed E-state index contributed by atoms with van der Waals surface area (Å²) in [5.74, 6) is 0.514. The molecule has 2 saturated carbocycles. The highest BCUT2D eigenvalue weighted by Gasteiger charge is 2.31. The Kier molecular flexibility index (Phi) is 4.86. The smallest absolute Gasteiger partial charge is 0.207 e. The number of nitrogens with zero attached hydrogens (tertiary/aromatic N) is 1. The van der Waals surface area contributed by atoms with Gasteiger partial charge >= 0.3 is 0 Å². The van der Waals surface area contributed by atoms with Crippen molar-refractivity contribution in [2.75, 3.05) is 7.05 Å². The van der Waals surface area contributed by atoms with Gasteiger partial charge in [-0.2, -0.15) is 0 Å². The van der Waals surface area contributed by atoms with E-state index in [0.29, 0.717) is 18.0 Å². The van der Waals surface area contributed by atoms with Crippen LogP contribution in [0.4, 0.5) is 0 Å². The molecular weight excluding hydrogens is 238 g/mol. The SMILES string of the molecule is C=C([C@@H](N)C1CCC(NC=O)CC1)N(C)C1CCC1. The molecule has 2 rings (SSSR count). The van der Waals surface area contributed by atoms with Crippen LogP contribution >= 0.6 is 0 Å². The minimum Gasteiger partial charge on any atom is -0.374 e. The Bertz CT molecular complexity index is 319. The number of carbonyl (C=O) groups excluding carboxylic acids is 1. The maximum absolute atomic E-state index is 10.4. The van der Waals surface area contributed by atoms with Gasteiger partial charge in [0.2, 0.25) is 6.41 Å². The van der Waals surface area contributed by atoms with Crippen molar-refractivity contribution in [2.45, 2.75) is 63.1 Å². The van der Waals surface area contributed by atoms with Gasteiger partial charge in [0.15, 0.2) is 0 Å². The maximum atomic E-state index is 10.4. The van der Waals surface area contributed by atoms with Gasteiger partial charge in [-0.3, -0.25) is 4.79 Å². The van der Waals surface area contributed by atoms with E-state index < -0.39 is 0 Å². The quantitative estimate of drug-likeness (QED) is 0.717. The molecule has 0 bridgehead atoms. The summed E-state index contributed by atoms with van der Waals surface area (Å²) in [7, 11) is 2.13. The van der Waals surface area contributed by atoms with Crippen LogP contribution in [0.3, 0.4) is 0 Å². The van der Waals surface area contributed by atoms with Crippen molar-refractivity contribution in [2.24, 2.45) is 11.7 Å². The lowest BCUT2D eigenvalue weighted by molar-refractivity contribution is -0.110. The highest BCUT2D eigenvalue weighted by atomic mass is 16.1. The first-order chi connectivity index (χ1) is 9.13. The molecule has 108 valence electrons. The third-order valence-electron chi connectivity index (χ3n) is 5.04. The number of hydrogen-bond donors (Lipinski definition) is 2. The molecule has 4 heteroatoms. The molecule has 0 aromatic rings. The Morgan fingerprint density at radius 3 is 2.42 bits per heavy atom. The Morgan fingerprint density at radius 1 is 1.32 bits per heavy atom. The van der Waals surface area contributed by atoms with Gasteiger partial charge in [0.1, 0.15) is 0 Å². The van der Waals surface area contributed by atoms with Crippen LogP contribution in [-0.2, 0) is 4.79 Å². The molecule has 2 aliphatic rings. The Labute approximate surface area is 116 Å². The maximum Gasteiger partial charge on any atom is 0.207 e. The van der Waals surface area contributed by atoms with Crippen LogP contribution in [0.5, 0.6) is 0 Å². The van der Waals surface area contributed by atoms with E-state index in [1.54, 1.807) is 0 Å². The van der Waals surface area contributed by atoms with Crippen molar-refractivity contribution < 1.29 is 4.79 Å². The predicted molar refractivity (Wildman–Crippen MR) is 77.5 cm³/mol. The lowest BCUT2D eigenvalue weighted by atomic mass is 9.80. The Morgan fingerprint density at radius 2 is 1.95 bits per heavy atom. The number of hydrogen-bond acceptors (Lipinski definition) is 3. The average molecular weight is 265 g/mol. The Hall–Kier alpha value is -1.03. The van der Waals surface area contributed by atoms with Crippen molar-refractivity contribution in [3.05, 3.63) is 12.3 Å². The van der Waals surface area contributed by atoms with E-state index in [1.807, 2.05) is 0 Å². The van der Waals surface area contributed by atoms with Crippen molar-refractivity contribution in [3.8, 4) is 0 Å². The lowest BCUT2D eigenvalue weighted by Gasteiger charge is -2.41. The van der Waals surface area contributed by atoms with Gasteiger partial charge in [0.05, 0.1) is 0 Å². The molecule has 2 fully saturated rings. The van der Waals surface area contributed by atoms with Crippen LogP contribution < -0.4 is 11.1 Å². The summed E-state index contributed by atoms with van der Waals surface area (Å²) in [6, 6.07) is 1.08. The zero-order valence-corrected chi connectivity index (χ0v) is 12.0. The first-order valence-corrected chi connectivity index (χ1v) is 7.50. The zero-order valence-electron chi connectivity index (χ0n) is 12.0. The summed E-state index contributed by atoms with van der Waals surface area (Å²) < 4.78 is 0. The molecule has 0 aromatic heterocycles. The standard InChI is InChI=1S/C15H27N3O/c1-11(18(2)14-4-3-5-14)15(16)12-6-8-13(9-7-12)17-10-19/h10,12-15H,1,3-9,16H2,2H3,(H,17,19)/t12?,13?,15-/m1/s1. The second-order valence-electron chi connectivity index (χ2n) is 6.11. The third-order valence-corrected chi connectivity index (χ3v) is 5.04. The summed E-state index contributed by atoms with van der Waals surface area (Å²) in [6.07, 6.45) is 8.95. The molecule has 0 heterocycles. The number of likely N-dealkylation sites (N-methyl/N-ethyl adjacent to an activating group) is 1. The molecule has 2 aliphatic carbocycles. The van der Waals surface area contributed by atoms with Crippen LogP contribution in [-0.4, -0.2) is 36.5 Å². The number of carbonyl (C=O) groups is 1. The van der Waals surface area contributed by atoms with Crippen LogP contribution in [0.2, 0.25) is 0 Å². The average Bonchev–Trinajstić information content (AvgIpc) is 2.36. The van der Waals surface area contributed by atoms with Crippen LogP contribution in [0.1, 0.15) is 44.9 Å². The summed E-state index contributed by atoms with van der Waals surface area (Å²) in [4.78, 5) is 12.7. The molecular formula is C15H27N3O. The number of nitrogens with two attached hydrogens (primary N) is 1. The van der Waals surface area contributed by atoms with Crippen molar-refractivity contribution in [1.29, 1.82) is 0 Å². The molecule has 0 unspecified atom stereocenters. The van der Waals surface area contributed by atoms with Crippen molar-refractivity contribution in [1.82, 2.24) is 10.2 Å². The van der Waals surface area contributed by atoms with E-state index in [1.165, 1.54) is 19.3 Å². The monoisotopic (exact) mass is 265 g/mol. The van der Waals surface area contributed by atoms with Crippen LogP contribution in [0.15, 0.2) is 12.3 Å². The molecule has 1 amide bonds. The van der Waals surface area contributed by atoms with E-state index in [9.17, 15) is 4.79 Å². The first kappa shape index (κ1) is 14.4. The molecule has 0 radical (unpaired) electrons. The molecule has 0 aromatic carbocycles. The van der Waals surface area contributed by atoms with E-state index in [2.05, 4.69) is 23.8 Å². The minimum atomic E-state index is 0.0720. The van der Waals surface area contributed by atoms with Crippen molar-refractivity contribution in [3.63, 3.8) is 0 Å².